The SMILES string of the molecule is CCc1c(C(=O)OC)c(C(=O)OC)c(-c2ccc(C)cc2)n1CCn1c(CC)c(C(=O)OC)c(C(=O)OC)c1-c1ccc(C)cc1. The maximum absolute atomic E-state index is 13.4. The first-order valence-electron chi connectivity index (χ1n) is 15.1. The van der Waals surface area contributed by atoms with Crippen LogP contribution in [0.25, 0.3) is 22.5 Å². The molecular weight excluding hydrogens is 588 g/mol. The summed E-state index contributed by atoms with van der Waals surface area (Å²) in [6.45, 7) is 8.24. The van der Waals surface area contributed by atoms with Gasteiger partial charge < -0.3 is 28.1 Å². The standard InChI is InChI=1S/C36H40N2O8/c1-9-25-27(33(39)43-5)29(35(41)45-7)31(23-15-11-21(3)12-16-23)37(25)19-20-38-26(10-2)28(34(40)44-6)30(36(42)46-8)32(38)24-17-13-22(4)14-18-24/h11-18H,9-10,19-20H2,1-8H3. The molecule has 0 radical (unpaired) electrons. The summed E-state index contributed by atoms with van der Waals surface area (Å²) in [6.07, 6.45) is 0.802. The van der Waals surface area contributed by atoms with Crippen molar-refractivity contribution in [2.45, 2.75) is 53.6 Å². The number of benzene rings is 2. The number of rotatable bonds is 11. The van der Waals surface area contributed by atoms with Crippen LogP contribution in [-0.2, 0) is 44.9 Å². The van der Waals surface area contributed by atoms with Gasteiger partial charge in [0.2, 0.25) is 0 Å². The van der Waals surface area contributed by atoms with E-state index < -0.39 is 23.9 Å². The molecule has 2 aromatic heterocycles. The second-order valence-corrected chi connectivity index (χ2v) is 10.8. The van der Waals surface area contributed by atoms with E-state index in [1.54, 1.807) is 0 Å². The second kappa shape index (κ2) is 14.3. The fraction of sp³-hybridized carbons (Fsp3) is 0.333. The maximum Gasteiger partial charge on any atom is 0.340 e. The van der Waals surface area contributed by atoms with Crippen LogP contribution >= 0.6 is 0 Å². The number of carbonyl (C=O) groups is 4. The smallest absolute Gasteiger partial charge is 0.340 e. The molecule has 2 heterocycles. The molecule has 46 heavy (non-hydrogen) atoms. The van der Waals surface area contributed by atoms with E-state index in [0.717, 1.165) is 11.1 Å². The van der Waals surface area contributed by atoms with Gasteiger partial charge >= 0.3 is 23.9 Å². The quantitative estimate of drug-likeness (QED) is 0.142. The first-order valence-corrected chi connectivity index (χ1v) is 15.1. The third-order valence-electron chi connectivity index (χ3n) is 8.17. The lowest BCUT2D eigenvalue weighted by Crippen LogP contribution is -2.15. The van der Waals surface area contributed by atoms with Crippen molar-refractivity contribution in [2.24, 2.45) is 0 Å². The predicted molar refractivity (Wildman–Crippen MR) is 173 cm³/mol. The second-order valence-electron chi connectivity index (χ2n) is 10.8. The number of methoxy groups -OCH3 is 4. The van der Waals surface area contributed by atoms with Crippen molar-refractivity contribution in [3.8, 4) is 22.5 Å². The van der Waals surface area contributed by atoms with Gasteiger partial charge in [0, 0.05) is 24.5 Å². The monoisotopic (exact) mass is 628 g/mol. The normalized spacial score (nSPS) is 10.9. The zero-order chi connectivity index (χ0) is 33.7. The lowest BCUT2D eigenvalue weighted by molar-refractivity contribution is 0.0556. The molecule has 0 aliphatic heterocycles. The van der Waals surface area contributed by atoms with E-state index in [9.17, 15) is 19.2 Å². The Hall–Kier alpha value is -5.12. The van der Waals surface area contributed by atoms with E-state index in [0.29, 0.717) is 46.7 Å². The Morgan fingerprint density at radius 3 is 1.04 bits per heavy atom. The van der Waals surface area contributed by atoms with E-state index in [2.05, 4.69) is 0 Å². The number of ether oxygens (including phenoxy) is 4. The van der Waals surface area contributed by atoms with Crippen LogP contribution in [0.2, 0.25) is 0 Å². The van der Waals surface area contributed by atoms with Gasteiger partial charge in [0.15, 0.2) is 0 Å². The first-order chi connectivity index (χ1) is 22.1. The molecule has 4 aromatic rings. The number of carbonyl (C=O) groups excluding carboxylic acids is 4. The van der Waals surface area contributed by atoms with Gasteiger partial charge in [-0.25, -0.2) is 19.2 Å². The summed E-state index contributed by atoms with van der Waals surface area (Å²) in [7, 11) is 5.09. The van der Waals surface area contributed by atoms with Gasteiger partial charge in [-0.05, 0) is 37.8 Å². The van der Waals surface area contributed by atoms with Gasteiger partial charge in [-0.2, -0.15) is 0 Å². The minimum Gasteiger partial charge on any atom is -0.465 e. The number of esters is 4. The van der Waals surface area contributed by atoms with E-state index in [-0.39, 0.29) is 35.3 Å². The lowest BCUT2D eigenvalue weighted by atomic mass is 10.0. The molecule has 0 bridgehead atoms. The van der Waals surface area contributed by atoms with Gasteiger partial charge in [0.1, 0.15) is 11.1 Å². The summed E-state index contributed by atoms with van der Waals surface area (Å²) in [6, 6.07) is 15.3. The summed E-state index contributed by atoms with van der Waals surface area (Å²) >= 11 is 0. The molecule has 242 valence electrons. The minimum absolute atomic E-state index is 0.113. The zero-order valence-electron chi connectivity index (χ0n) is 27.6. The van der Waals surface area contributed by atoms with E-state index >= 15 is 0 Å². The zero-order valence-corrected chi connectivity index (χ0v) is 27.6. The Morgan fingerprint density at radius 2 is 0.783 bits per heavy atom. The Morgan fingerprint density at radius 1 is 0.500 bits per heavy atom. The van der Waals surface area contributed by atoms with Crippen LogP contribution in [0.4, 0.5) is 0 Å². The summed E-state index contributed by atoms with van der Waals surface area (Å²) in [5.41, 5.74) is 6.17. The fourth-order valence-electron chi connectivity index (χ4n) is 6.03. The Balaban J connectivity index is 2.06. The van der Waals surface area contributed by atoms with Gasteiger partial charge in [-0.3, -0.25) is 0 Å². The largest absolute Gasteiger partial charge is 0.465 e. The van der Waals surface area contributed by atoms with Crippen molar-refractivity contribution in [3.63, 3.8) is 0 Å². The molecule has 0 saturated heterocycles. The van der Waals surface area contributed by atoms with Crippen LogP contribution in [-0.4, -0.2) is 61.5 Å². The molecule has 0 aliphatic rings. The minimum atomic E-state index is -0.666. The molecule has 0 fully saturated rings. The Labute approximate surface area is 268 Å². The molecule has 0 spiro atoms. The third kappa shape index (κ3) is 6.07. The van der Waals surface area contributed by atoms with Crippen LogP contribution in [0.5, 0.6) is 0 Å². The molecule has 4 rings (SSSR count). The van der Waals surface area contributed by atoms with Crippen LogP contribution in [0.1, 0.15) is 77.8 Å². The van der Waals surface area contributed by atoms with Crippen LogP contribution in [0.15, 0.2) is 48.5 Å². The van der Waals surface area contributed by atoms with Gasteiger partial charge in [0.05, 0.1) is 51.0 Å². The van der Waals surface area contributed by atoms with Crippen molar-refractivity contribution < 1.29 is 38.1 Å². The number of hydrogen-bond acceptors (Lipinski definition) is 8. The summed E-state index contributed by atoms with van der Waals surface area (Å²) in [5.74, 6) is -2.64. The number of hydrogen-bond donors (Lipinski definition) is 0. The summed E-state index contributed by atoms with van der Waals surface area (Å²) < 4.78 is 24.5. The van der Waals surface area contributed by atoms with Crippen molar-refractivity contribution in [3.05, 3.63) is 93.3 Å². The van der Waals surface area contributed by atoms with Crippen LogP contribution in [0, 0.1) is 13.8 Å². The van der Waals surface area contributed by atoms with Crippen LogP contribution < -0.4 is 0 Å². The first kappa shape index (κ1) is 33.8. The average molecular weight is 629 g/mol. The molecule has 0 amide bonds. The Kier molecular flexibility index (Phi) is 10.5. The van der Waals surface area contributed by atoms with E-state index in [1.807, 2.05) is 85.4 Å². The highest BCUT2D eigenvalue weighted by atomic mass is 16.5. The predicted octanol–water partition coefficient (Wildman–Crippen LogP) is 6.21. The molecule has 0 unspecified atom stereocenters. The number of nitrogens with zero attached hydrogens (tertiary/aromatic N) is 2. The van der Waals surface area contributed by atoms with Gasteiger partial charge in [-0.15, -0.1) is 0 Å². The molecule has 10 nitrogen and oxygen atoms in total. The van der Waals surface area contributed by atoms with Crippen molar-refractivity contribution >= 4 is 23.9 Å². The van der Waals surface area contributed by atoms with E-state index in [4.69, 9.17) is 18.9 Å². The highest BCUT2D eigenvalue weighted by Crippen LogP contribution is 2.37. The van der Waals surface area contributed by atoms with Crippen molar-refractivity contribution in [2.75, 3.05) is 28.4 Å². The van der Waals surface area contributed by atoms with E-state index in [1.165, 1.54) is 28.4 Å². The molecular formula is C36H40N2O8. The maximum atomic E-state index is 13.4. The Bertz CT molecular complexity index is 1640. The molecule has 0 aliphatic carbocycles. The fourth-order valence-corrected chi connectivity index (χ4v) is 6.03. The lowest BCUT2D eigenvalue weighted by Gasteiger charge is -2.18. The average Bonchev–Trinajstić information content (AvgIpc) is 3.59. The molecule has 2 aromatic carbocycles. The summed E-state index contributed by atoms with van der Waals surface area (Å²) in [4.78, 5) is 53.2. The highest BCUT2D eigenvalue weighted by molar-refractivity contribution is 6.10. The number of aryl methyl sites for hydroxylation is 2. The van der Waals surface area contributed by atoms with Crippen molar-refractivity contribution in [1.29, 1.82) is 0 Å². The molecule has 0 N–H and O–H groups in total. The van der Waals surface area contributed by atoms with Crippen LogP contribution in [0.3, 0.4) is 0 Å². The molecule has 0 atom stereocenters. The molecule has 10 heteroatoms. The van der Waals surface area contributed by atoms with Gasteiger partial charge in [-0.1, -0.05) is 73.5 Å². The topological polar surface area (TPSA) is 115 Å². The van der Waals surface area contributed by atoms with Crippen molar-refractivity contribution in [1.82, 2.24) is 9.13 Å². The van der Waals surface area contributed by atoms with Gasteiger partial charge in [0.25, 0.3) is 0 Å². The third-order valence-corrected chi connectivity index (χ3v) is 8.17. The summed E-state index contributed by atoms with van der Waals surface area (Å²) in [5, 5.41) is 0. The number of aromatic nitrogens is 2. The highest BCUT2D eigenvalue weighted by Gasteiger charge is 2.35. The molecule has 0 saturated carbocycles.